The largest absolute Gasteiger partial charge is 0.493 e. The molecule has 0 aliphatic rings. The SMILES string of the molecule is CC(C)(Oc1ccc(Cl)cc1)C(=O)OCCOC(=O)c1cccnc1.COc1ccc(CCN(C)CCCC(C#N)(c2ccc(OC)c(OC)c2)C(C)C)cc1OC. The molecule has 4 aromatic rings. The van der Waals surface area contributed by atoms with Crippen LogP contribution in [0.25, 0.3) is 0 Å². The molecule has 1 aromatic heterocycles. The summed E-state index contributed by atoms with van der Waals surface area (Å²) in [4.78, 5) is 30.0. The summed E-state index contributed by atoms with van der Waals surface area (Å²) in [7, 11) is 8.67. The summed E-state index contributed by atoms with van der Waals surface area (Å²) in [6.07, 6.45) is 5.57. The Balaban J connectivity index is 0.000000322. The molecule has 0 spiro atoms. The Morgan fingerprint density at radius 1 is 0.828 bits per heavy atom. The van der Waals surface area contributed by atoms with Gasteiger partial charge in [0.25, 0.3) is 0 Å². The lowest BCUT2D eigenvalue weighted by Gasteiger charge is -2.32. The first-order valence-corrected chi connectivity index (χ1v) is 19.3. The average molecular weight is 818 g/mol. The predicted molar refractivity (Wildman–Crippen MR) is 223 cm³/mol. The Morgan fingerprint density at radius 2 is 1.45 bits per heavy atom. The van der Waals surface area contributed by atoms with Crippen molar-refractivity contribution in [3.63, 3.8) is 0 Å². The van der Waals surface area contributed by atoms with Gasteiger partial charge in [-0.1, -0.05) is 37.6 Å². The van der Waals surface area contributed by atoms with Crippen LogP contribution in [0.2, 0.25) is 5.02 Å². The lowest BCUT2D eigenvalue weighted by atomic mass is 9.69. The maximum Gasteiger partial charge on any atom is 0.350 e. The van der Waals surface area contributed by atoms with Crippen molar-refractivity contribution in [3.05, 3.63) is 107 Å². The molecule has 0 N–H and O–H groups in total. The van der Waals surface area contributed by atoms with E-state index in [1.165, 1.54) is 11.8 Å². The molecule has 13 heteroatoms. The zero-order chi connectivity index (χ0) is 42.7. The van der Waals surface area contributed by atoms with Gasteiger partial charge in [0.15, 0.2) is 28.6 Å². The number of nitriles is 1. The molecule has 4 rings (SSSR count). The topological polar surface area (TPSA) is 139 Å². The minimum atomic E-state index is -1.19. The first-order chi connectivity index (χ1) is 27.7. The monoisotopic (exact) mass is 817 g/mol. The quantitative estimate of drug-likeness (QED) is 0.0626. The Labute approximate surface area is 347 Å². The second kappa shape index (κ2) is 23.0. The summed E-state index contributed by atoms with van der Waals surface area (Å²) in [5.41, 5.74) is 0.745. The van der Waals surface area contributed by atoms with E-state index in [2.05, 4.69) is 42.9 Å². The zero-order valence-electron chi connectivity index (χ0n) is 35.0. The van der Waals surface area contributed by atoms with Gasteiger partial charge in [0.1, 0.15) is 19.0 Å². The number of aromatic nitrogens is 1. The lowest BCUT2D eigenvalue weighted by Crippen LogP contribution is -2.40. The minimum Gasteiger partial charge on any atom is -0.493 e. The number of nitrogens with zero attached hydrogens (tertiary/aromatic N) is 3. The third kappa shape index (κ3) is 13.6. The van der Waals surface area contributed by atoms with E-state index in [-0.39, 0.29) is 19.1 Å². The fourth-order valence-corrected chi connectivity index (χ4v) is 6.20. The molecular formula is C45H56ClN3O9. The van der Waals surface area contributed by atoms with Gasteiger partial charge in [-0.2, -0.15) is 5.26 Å². The van der Waals surface area contributed by atoms with E-state index < -0.39 is 23.0 Å². The summed E-state index contributed by atoms with van der Waals surface area (Å²) in [6.45, 7) is 9.11. The number of pyridine rings is 1. The van der Waals surface area contributed by atoms with E-state index in [4.69, 9.17) is 44.8 Å². The Morgan fingerprint density at radius 3 is 2.03 bits per heavy atom. The first-order valence-electron chi connectivity index (χ1n) is 19.0. The van der Waals surface area contributed by atoms with E-state index in [0.717, 1.165) is 49.4 Å². The minimum absolute atomic E-state index is 0.0590. The van der Waals surface area contributed by atoms with Gasteiger partial charge < -0.3 is 38.1 Å². The van der Waals surface area contributed by atoms with Crippen molar-refractivity contribution in [1.82, 2.24) is 9.88 Å². The number of halogens is 1. The van der Waals surface area contributed by atoms with E-state index in [0.29, 0.717) is 27.8 Å². The molecule has 3 aromatic carbocycles. The second-order valence-corrected chi connectivity index (χ2v) is 14.7. The van der Waals surface area contributed by atoms with Gasteiger partial charge in [-0.25, -0.2) is 9.59 Å². The van der Waals surface area contributed by atoms with Crippen LogP contribution in [0.5, 0.6) is 28.7 Å². The zero-order valence-corrected chi connectivity index (χ0v) is 35.8. The average Bonchev–Trinajstić information content (AvgIpc) is 3.23. The molecule has 0 bridgehead atoms. The third-order valence-electron chi connectivity index (χ3n) is 9.55. The molecular weight excluding hydrogens is 762 g/mol. The molecule has 0 aliphatic heterocycles. The van der Waals surface area contributed by atoms with Gasteiger partial charge in [0, 0.05) is 24.0 Å². The van der Waals surface area contributed by atoms with E-state index in [9.17, 15) is 14.9 Å². The Bertz CT molecular complexity index is 1930. The van der Waals surface area contributed by atoms with Gasteiger partial charge in [-0.3, -0.25) is 4.98 Å². The van der Waals surface area contributed by atoms with Crippen LogP contribution >= 0.6 is 11.6 Å². The molecule has 1 unspecified atom stereocenters. The maximum atomic E-state index is 12.1. The molecule has 58 heavy (non-hydrogen) atoms. The molecule has 312 valence electrons. The van der Waals surface area contributed by atoms with Crippen LogP contribution in [0.15, 0.2) is 85.2 Å². The van der Waals surface area contributed by atoms with Crippen LogP contribution in [0.3, 0.4) is 0 Å². The Hall–Kier alpha value is -5.51. The van der Waals surface area contributed by atoms with Gasteiger partial charge in [0.05, 0.1) is 45.5 Å². The van der Waals surface area contributed by atoms with Gasteiger partial charge in [-0.15, -0.1) is 0 Å². The van der Waals surface area contributed by atoms with E-state index in [1.807, 2.05) is 30.3 Å². The normalized spacial score (nSPS) is 12.0. The molecule has 12 nitrogen and oxygen atoms in total. The van der Waals surface area contributed by atoms with Crippen molar-refractivity contribution < 1.29 is 42.7 Å². The summed E-state index contributed by atoms with van der Waals surface area (Å²) >= 11 is 5.81. The van der Waals surface area contributed by atoms with Crippen LogP contribution in [-0.2, 0) is 26.1 Å². The van der Waals surface area contributed by atoms with Crippen molar-refractivity contribution >= 4 is 23.5 Å². The molecule has 1 heterocycles. The van der Waals surface area contributed by atoms with Crippen LogP contribution in [-0.4, -0.2) is 89.2 Å². The highest BCUT2D eigenvalue weighted by atomic mass is 35.5. The number of carbonyl (C=O) groups excluding carboxylic acids is 2. The van der Waals surface area contributed by atoms with Gasteiger partial charge >= 0.3 is 11.9 Å². The predicted octanol–water partition coefficient (Wildman–Crippen LogP) is 8.39. The van der Waals surface area contributed by atoms with Gasteiger partial charge in [-0.05, 0) is 124 Å². The fourth-order valence-electron chi connectivity index (χ4n) is 6.07. The molecule has 0 amide bonds. The van der Waals surface area contributed by atoms with Crippen LogP contribution in [0.4, 0.5) is 0 Å². The first kappa shape index (κ1) is 46.9. The number of rotatable bonds is 20. The number of hydrogen-bond donors (Lipinski definition) is 0. The molecule has 0 saturated heterocycles. The number of hydrogen-bond acceptors (Lipinski definition) is 12. The molecule has 0 aliphatic carbocycles. The van der Waals surface area contributed by atoms with Crippen molar-refractivity contribution in [3.8, 4) is 34.8 Å². The number of carbonyl (C=O) groups is 2. The summed E-state index contributed by atoms with van der Waals surface area (Å²) < 4.78 is 37.3. The summed E-state index contributed by atoms with van der Waals surface area (Å²) in [6, 6.07) is 24.4. The van der Waals surface area contributed by atoms with Crippen molar-refractivity contribution in [1.29, 1.82) is 5.26 Å². The van der Waals surface area contributed by atoms with E-state index >= 15 is 0 Å². The summed E-state index contributed by atoms with van der Waals surface area (Å²) in [5, 5.41) is 10.8. The molecule has 0 saturated carbocycles. The number of benzene rings is 3. The lowest BCUT2D eigenvalue weighted by molar-refractivity contribution is -0.160. The second-order valence-electron chi connectivity index (χ2n) is 14.2. The van der Waals surface area contributed by atoms with Crippen molar-refractivity contribution in [2.24, 2.45) is 5.92 Å². The number of ether oxygens (including phenoxy) is 7. The maximum absolute atomic E-state index is 12.1. The molecule has 1 atom stereocenters. The third-order valence-corrected chi connectivity index (χ3v) is 9.80. The molecule has 0 fully saturated rings. The van der Waals surface area contributed by atoms with Crippen molar-refractivity contribution in [2.75, 3.05) is 61.8 Å². The Kier molecular flexibility index (Phi) is 18.6. The number of likely N-dealkylation sites (N-methyl/N-ethyl adjacent to an activating group) is 1. The van der Waals surface area contributed by atoms with Crippen LogP contribution in [0, 0.1) is 17.2 Å². The van der Waals surface area contributed by atoms with Crippen LogP contribution in [0.1, 0.15) is 62.0 Å². The molecule has 0 radical (unpaired) electrons. The highest BCUT2D eigenvalue weighted by Gasteiger charge is 2.36. The highest BCUT2D eigenvalue weighted by Crippen LogP contribution is 2.40. The van der Waals surface area contributed by atoms with Crippen LogP contribution < -0.4 is 23.7 Å². The number of esters is 2. The fraction of sp³-hybridized carbons (Fsp3) is 0.422. The summed E-state index contributed by atoms with van der Waals surface area (Å²) in [5.74, 6) is 2.39. The smallest absolute Gasteiger partial charge is 0.350 e. The van der Waals surface area contributed by atoms with Gasteiger partial charge in [0.2, 0.25) is 0 Å². The number of methoxy groups -OCH3 is 4. The van der Waals surface area contributed by atoms with Crippen molar-refractivity contribution in [2.45, 2.75) is 58.0 Å². The van der Waals surface area contributed by atoms with E-state index in [1.54, 1.807) is 84.9 Å². The highest BCUT2D eigenvalue weighted by molar-refractivity contribution is 6.30. The standard InChI is InChI=1S/C27H38N2O4.C18H18ClNO5/c1-20(2)27(19-28,22-10-12-24(31-5)26(18-22)33-7)14-8-15-29(3)16-13-21-9-11-23(30-4)25(17-21)32-6;1-18(2,25-15-7-5-14(19)6-8-15)17(22)24-11-10-23-16(21)13-4-3-9-20-12-13/h9-12,17-18,20H,8,13-16H2,1-7H3;3-9,12H,10-11H2,1-2H3.